The van der Waals surface area contributed by atoms with Gasteiger partial charge in [0.05, 0.1) is 18.6 Å². The molecule has 3 amide bonds. The van der Waals surface area contributed by atoms with Crippen LogP contribution in [0.4, 0.5) is 0 Å². The zero-order chi connectivity index (χ0) is 26.0. The van der Waals surface area contributed by atoms with Crippen LogP contribution in [0.1, 0.15) is 32.8 Å². The average molecular weight is 481 g/mol. The maximum atomic E-state index is 12.8. The summed E-state index contributed by atoms with van der Waals surface area (Å²) in [4.78, 5) is 60.1. The van der Waals surface area contributed by atoms with Crippen LogP contribution in [0.15, 0.2) is 30.3 Å². The van der Waals surface area contributed by atoms with Crippen molar-refractivity contribution in [3.8, 4) is 0 Å². The van der Waals surface area contributed by atoms with E-state index in [9.17, 15) is 34.2 Å². The summed E-state index contributed by atoms with van der Waals surface area (Å²) in [5, 5.41) is 35.2. The number of benzene rings is 1. The quantitative estimate of drug-likeness (QED) is 0.177. The summed E-state index contributed by atoms with van der Waals surface area (Å²) in [7, 11) is 0. The summed E-state index contributed by atoms with van der Waals surface area (Å²) < 4.78 is 0. The lowest BCUT2D eigenvalue weighted by atomic mass is 10.0. The summed E-state index contributed by atoms with van der Waals surface area (Å²) in [5.74, 6) is -5.70. The first-order chi connectivity index (χ1) is 15.8. The van der Waals surface area contributed by atoms with Gasteiger partial charge < -0.3 is 37.0 Å². The SMILES string of the molecule is CC(C)C(NC(=O)C(NC(=O)C(N)CC(=O)O)C(C)O)C(=O)NC(Cc1ccccc1)C(=O)O. The van der Waals surface area contributed by atoms with Gasteiger partial charge in [0.1, 0.15) is 18.1 Å². The molecule has 0 aromatic heterocycles. The Kier molecular flexibility index (Phi) is 11.1. The Balaban J connectivity index is 2.93. The van der Waals surface area contributed by atoms with Crippen molar-refractivity contribution in [2.45, 2.75) is 63.9 Å². The summed E-state index contributed by atoms with van der Waals surface area (Å²) >= 11 is 0. The minimum absolute atomic E-state index is 0.0223. The molecule has 1 aromatic rings. The minimum atomic E-state index is -1.53. The van der Waals surface area contributed by atoms with Crippen LogP contribution in [-0.2, 0) is 30.4 Å². The molecule has 0 aliphatic carbocycles. The summed E-state index contributed by atoms with van der Waals surface area (Å²) in [5.41, 5.74) is 6.17. The molecule has 1 rings (SSSR count). The predicted octanol–water partition coefficient (Wildman–Crippen LogP) is -1.39. The molecule has 0 heterocycles. The number of amides is 3. The highest BCUT2D eigenvalue weighted by molar-refractivity contribution is 5.95. The molecule has 12 nitrogen and oxygen atoms in total. The van der Waals surface area contributed by atoms with E-state index in [1.54, 1.807) is 44.2 Å². The first-order valence-corrected chi connectivity index (χ1v) is 10.7. The number of carboxylic acid groups (broad SMARTS) is 2. The van der Waals surface area contributed by atoms with Gasteiger partial charge in [-0.15, -0.1) is 0 Å². The van der Waals surface area contributed by atoms with E-state index in [4.69, 9.17) is 10.8 Å². The molecule has 0 saturated heterocycles. The standard InChI is InChI=1S/C22H32N4O8/c1-11(2)17(20(31)24-15(22(33)34)9-13-7-5-4-6-8-13)25-21(32)18(12(3)27)26-19(30)14(23)10-16(28)29/h4-8,11-12,14-15,17-18,27H,9-10,23H2,1-3H3,(H,24,31)(H,25,32)(H,26,30)(H,28,29)(H,33,34). The van der Waals surface area contributed by atoms with Crippen molar-refractivity contribution in [3.05, 3.63) is 35.9 Å². The van der Waals surface area contributed by atoms with Crippen molar-refractivity contribution in [3.63, 3.8) is 0 Å². The second kappa shape index (κ2) is 13.3. The maximum absolute atomic E-state index is 12.8. The summed E-state index contributed by atoms with van der Waals surface area (Å²) in [6.07, 6.45) is -2.06. The molecule has 0 bridgehead atoms. The van der Waals surface area contributed by atoms with Crippen LogP contribution >= 0.6 is 0 Å². The number of rotatable bonds is 13. The normalized spacial score (nSPS) is 15.4. The topological polar surface area (TPSA) is 208 Å². The van der Waals surface area contributed by atoms with Crippen molar-refractivity contribution >= 4 is 29.7 Å². The Bertz CT molecular complexity index is 875. The zero-order valence-corrected chi connectivity index (χ0v) is 19.2. The fourth-order valence-electron chi connectivity index (χ4n) is 3.04. The van der Waals surface area contributed by atoms with Crippen molar-refractivity contribution < 1.29 is 39.3 Å². The fourth-order valence-corrected chi connectivity index (χ4v) is 3.04. The molecule has 5 atom stereocenters. The number of hydrogen-bond donors (Lipinski definition) is 7. The molecule has 8 N–H and O–H groups in total. The number of aliphatic hydroxyl groups is 1. The second-order valence-electron chi connectivity index (χ2n) is 8.25. The van der Waals surface area contributed by atoms with E-state index >= 15 is 0 Å². The number of carboxylic acids is 2. The van der Waals surface area contributed by atoms with Gasteiger partial charge in [0, 0.05) is 6.42 Å². The third kappa shape index (κ3) is 9.16. The molecule has 0 aliphatic rings. The lowest BCUT2D eigenvalue weighted by Gasteiger charge is -2.28. The maximum Gasteiger partial charge on any atom is 0.326 e. The second-order valence-corrected chi connectivity index (χ2v) is 8.25. The Labute approximate surface area is 196 Å². The van der Waals surface area contributed by atoms with Gasteiger partial charge in [-0.05, 0) is 18.4 Å². The summed E-state index contributed by atoms with van der Waals surface area (Å²) in [6.45, 7) is 4.46. The largest absolute Gasteiger partial charge is 0.481 e. The number of carbonyl (C=O) groups is 5. The molecule has 1 aromatic carbocycles. The highest BCUT2D eigenvalue weighted by atomic mass is 16.4. The van der Waals surface area contributed by atoms with Crippen molar-refractivity contribution in [2.24, 2.45) is 11.7 Å². The lowest BCUT2D eigenvalue weighted by molar-refractivity contribution is -0.142. The average Bonchev–Trinajstić information content (AvgIpc) is 2.74. The number of carbonyl (C=O) groups excluding carboxylic acids is 3. The van der Waals surface area contributed by atoms with E-state index in [2.05, 4.69) is 16.0 Å². The van der Waals surface area contributed by atoms with Gasteiger partial charge in [0.15, 0.2) is 0 Å². The molecule has 0 aliphatic heterocycles. The van der Waals surface area contributed by atoms with Gasteiger partial charge in [-0.25, -0.2) is 4.79 Å². The van der Waals surface area contributed by atoms with E-state index in [-0.39, 0.29) is 6.42 Å². The van der Waals surface area contributed by atoms with E-state index < -0.39 is 72.3 Å². The van der Waals surface area contributed by atoms with Crippen LogP contribution in [0.25, 0.3) is 0 Å². The van der Waals surface area contributed by atoms with Crippen LogP contribution in [-0.4, -0.2) is 75.3 Å². The number of aliphatic hydroxyl groups excluding tert-OH is 1. The van der Waals surface area contributed by atoms with E-state index in [1.807, 2.05) is 0 Å². The van der Waals surface area contributed by atoms with Crippen molar-refractivity contribution in [1.29, 1.82) is 0 Å². The van der Waals surface area contributed by atoms with Gasteiger partial charge in [-0.3, -0.25) is 19.2 Å². The molecule has 0 fully saturated rings. The molecule has 5 unspecified atom stereocenters. The number of nitrogens with two attached hydrogens (primary N) is 1. The first-order valence-electron chi connectivity index (χ1n) is 10.7. The monoisotopic (exact) mass is 480 g/mol. The molecule has 0 spiro atoms. The third-order valence-corrected chi connectivity index (χ3v) is 4.94. The highest BCUT2D eigenvalue weighted by Crippen LogP contribution is 2.08. The summed E-state index contributed by atoms with van der Waals surface area (Å²) in [6, 6.07) is 3.26. The Morgan fingerprint density at radius 2 is 1.38 bits per heavy atom. The van der Waals surface area contributed by atoms with E-state index in [1.165, 1.54) is 6.92 Å². The van der Waals surface area contributed by atoms with Crippen LogP contribution in [0.5, 0.6) is 0 Å². The van der Waals surface area contributed by atoms with E-state index in [0.29, 0.717) is 5.56 Å². The van der Waals surface area contributed by atoms with Gasteiger partial charge in [-0.2, -0.15) is 0 Å². The lowest BCUT2D eigenvalue weighted by Crippen LogP contribution is -2.61. The van der Waals surface area contributed by atoms with Crippen molar-refractivity contribution in [2.75, 3.05) is 0 Å². The first kappa shape index (κ1) is 28.5. The minimum Gasteiger partial charge on any atom is -0.481 e. The Hall–Kier alpha value is -3.51. The Morgan fingerprint density at radius 3 is 1.85 bits per heavy atom. The van der Waals surface area contributed by atoms with Gasteiger partial charge in [-0.1, -0.05) is 44.2 Å². The molecular weight excluding hydrogens is 448 g/mol. The van der Waals surface area contributed by atoms with Crippen LogP contribution in [0, 0.1) is 5.92 Å². The number of hydrogen-bond acceptors (Lipinski definition) is 7. The molecule has 34 heavy (non-hydrogen) atoms. The van der Waals surface area contributed by atoms with Gasteiger partial charge >= 0.3 is 11.9 Å². The molecule has 12 heteroatoms. The van der Waals surface area contributed by atoms with Crippen LogP contribution in [0.3, 0.4) is 0 Å². The highest BCUT2D eigenvalue weighted by Gasteiger charge is 2.34. The smallest absolute Gasteiger partial charge is 0.326 e. The van der Waals surface area contributed by atoms with Gasteiger partial charge in [0.2, 0.25) is 17.7 Å². The van der Waals surface area contributed by atoms with Crippen molar-refractivity contribution in [1.82, 2.24) is 16.0 Å². The number of nitrogens with one attached hydrogen (secondary N) is 3. The Morgan fingerprint density at radius 1 is 0.853 bits per heavy atom. The molecular formula is C22H32N4O8. The number of aliphatic carboxylic acids is 2. The molecule has 0 radical (unpaired) electrons. The fraction of sp³-hybridized carbons (Fsp3) is 0.500. The van der Waals surface area contributed by atoms with Crippen LogP contribution < -0.4 is 21.7 Å². The molecule has 0 saturated carbocycles. The predicted molar refractivity (Wildman–Crippen MR) is 120 cm³/mol. The van der Waals surface area contributed by atoms with Crippen LogP contribution in [0.2, 0.25) is 0 Å². The zero-order valence-electron chi connectivity index (χ0n) is 19.2. The van der Waals surface area contributed by atoms with Gasteiger partial charge in [0.25, 0.3) is 0 Å². The van der Waals surface area contributed by atoms with E-state index in [0.717, 1.165) is 0 Å². The molecule has 188 valence electrons. The third-order valence-electron chi connectivity index (χ3n) is 4.94.